The number of nitrogens with zero attached hydrogens (tertiary/aromatic N) is 2. The van der Waals surface area contributed by atoms with Gasteiger partial charge in [-0.3, -0.25) is 8.77 Å². The van der Waals surface area contributed by atoms with Gasteiger partial charge in [0.15, 0.2) is 5.16 Å². The molecule has 0 saturated carbocycles. The molecule has 18 heavy (non-hydrogen) atoms. The molecule has 0 unspecified atom stereocenters. The van der Waals surface area contributed by atoms with E-state index in [-0.39, 0.29) is 5.56 Å². The molecule has 0 aliphatic rings. The summed E-state index contributed by atoms with van der Waals surface area (Å²) in [6.45, 7) is 2.03. The second kappa shape index (κ2) is 4.37. The first-order chi connectivity index (χ1) is 8.70. The molecule has 3 aromatic rings. The summed E-state index contributed by atoms with van der Waals surface area (Å²) in [7, 11) is 0. The van der Waals surface area contributed by atoms with Crippen LogP contribution in [0.4, 0.5) is 0 Å². The minimum absolute atomic E-state index is 0.0928. The number of benzene rings is 1. The summed E-state index contributed by atoms with van der Waals surface area (Å²) >= 11 is 5.84. The third kappa shape index (κ3) is 1.72. The molecule has 92 valence electrons. The molecule has 0 fully saturated rings. The summed E-state index contributed by atoms with van der Waals surface area (Å²) < 4.78 is 1.73. The highest BCUT2D eigenvalue weighted by molar-refractivity contribution is 7.99. The van der Waals surface area contributed by atoms with Gasteiger partial charge >= 0.3 is 0 Å². The molecule has 0 atom stereocenters. The molecule has 4 nitrogen and oxygen atoms in total. The average Bonchev–Trinajstić information content (AvgIpc) is 2.72. The van der Waals surface area contributed by atoms with Crippen molar-refractivity contribution in [2.24, 2.45) is 0 Å². The van der Waals surface area contributed by atoms with E-state index in [1.54, 1.807) is 10.0 Å². The van der Waals surface area contributed by atoms with Crippen LogP contribution in [0.25, 0.3) is 21.8 Å². The topological polar surface area (TPSA) is 50.7 Å². The number of hydrogen-bond acceptors (Lipinski definition) is 4. The van der Waals surface area contributed by atoms with Gasteiger partial charge < -0.3 is 4.98 Å². The Bertz CT molecular complexity index is 791. The van der Waals surface area contributed by atoms with Gasteiger partial charge in [0.1, 0.15) is 0 Å². The summed E-state index contributed by atoms with van der Waals surface area (Å²) in [6.07, 6.45) is 1.85. The fraction of sp³-hybridized carbons (Fsp3) is 0.167. The minimum Gasteiger partial charge on any atom is -0.301 e. The first kappa shape index (κ1) is 11.7. The minimum atomic E-state index is -0.0928. The number of nitrogens with one attached hydrogen (secondary N) is 1. The van der Waals surface area contributed by atoms with E-state index in [4.69, 9.17) is 0 Å². The molecule has 0 spiro atoms. The van der Waals surface area contributed by atoms with Gasteiger partial charge in [-0.1, -0.05) is 31.5 Å². The van der Waals surface area contributed by atoms with Crippen molar-refractivity contribution in [3.8, 4) is 0 Å². The predicted molar refractivity (Wildman–Crippen MR) is 78.6 cm³/mol. The molecule has 0 radical (unpaired) electrons. The van der Waals surface area contributed by atoms with Gasteiger partial charge in [0, 0.05) is 11.6 Å². The van der Waals surface area contributed by atoms with E-state index < -0.39 is 0 Å². The highest BCUT2D eigenvalue weighted by atomic mass is 32.2. The van der Waals surface area contributed by atoms with Gasteiger partial charge in [0.2, 0.25) is 0 Å². The molecule has 1 N–H and O–H groups in total. The number of aromatic amines is 1. The van der Waals surface area contributed by atoms with E-state index in [2.05, 4.69) is 22.8 Å². The molecule has 6 heteroatoms. The van der Waals surface area contributed by atoms with Gasteiger partial charge in [0.05, 0.1) is 16.4 Å². The van der Waals surface area contributed by atoms with Crippen molar-refractivity contribution in [2.75, 3.05) is 5.75 Å². The normalized spacial score (nSPS) is 11.4. The lowest BCUT2D eigenvalue weighted by Crippen LogP contribution is -2.09. The van der Waals surface area contributed by atoms with Crippen LogP contribution in [0.1, 0.15) is 6.92 Å². The third-order valence-corrected chi connectivity index (χ3v) is 3.89. The van der Waals surface area contributed by atoms with E-state index in [1.165, 1.54) is 11.8 Å². The third-order valence-electron chi connectivity index (χ3n) is 2.78. The largest absolute Gasteiger partial charge is 0.301 e. The van der Waals surface area contributed by atoms with Crippen LogP contribution in [0, 0.1) is 0 Å². The SMILES string of the molecule is CCSc1nc2c(ccc3c2ccn3S)c(=O)[nH]1. The maximum Gasteiger partial charge on any atom is 0.259 e. The summed E-state index contributed by atoms with van der Waals surface area (Å²) in [6, 6.07) is 5.60. The van der Waals surface area contributed by atoms with E-state index >= 15 is 0 Å². The number of hydrogen-bond donors (Lipinski definition) is 2. The Labute approximate surface area is 113 Å². The van der Waals surface area contributed by atoms with Gasteiger partial charge in [-0.15, -0.1) is 0 Å². The Morgan fingerprint density at radius 3 is 3.00 bits per heavy atom. The number of H-pyrrole nitrogens is 1. The smallest absolute Gasteiger partial charge is 0.259 e. The van der Waals surface area contributed by atoms with E-state index in [1.807, 2.05) is 25.3 Å². The second-order valence-corrected chi connectivity index (χ2v) is 5.54. The van der Waals surface area contributed by atoms with Gasteiger partial charge in [-0.05, 0) is 24.0 Å². The Morgan fingerprint density at radius 1 is 1.39 bits per heavy atom. The van der Waals surface area contributed by atoms with Crippen LogP contribution in [0.3, 0.4) is 0 Å². The molecule has 0 saturated heterocycles. The molecular formula is C12H11N3OS2. The summed E-state index contributed by atoms with van der Waals surface area (Å²) in [5.41, 5.74) is 1.60. The maximum absolute atomic E-state index is 12.0. The molecule has 3 rings (SSSR count). The molecule has 0 amide bonds. The lowest BCUT2D eigenvalue weighted by Gasteiger charge is -2.03. The van der Waals surface area contributed by atoms with Crippen LogP contribution in [0.2, 0.25) is 0 Å². The zero-order valence-corrected chi connectivity index (χ0v) is 11.4. The number of thiol groups is 1. The Kier molecular flexibility index (Phi) is 2.83. The molecule has 2 aromatic heterocycles. The van der Waals surface area contributed by atoms with Crippen molar-refractivity contribution >= 4 is 46.4 Å². The Hall–Kier alpha value is -1.40. The molecule has 0 aliphatic carbocycles. The Balaban J connectivity index is 2.44. The standard InChI is InChI=1S/C12H11N3OS2/c1-2-18-12-13-10-7-5-6-15(17)9(7)4-3-8(10)11(16)14-12/h3-6,17H,2H2,1H3,(H,13,14,16). The van der Waals surface area contributed by atoms with E-state index in [0.717, 1.165) is 22.2 Å². The molecule has 1 aromatic carbocycles. The molecule has 0 bridgehead atoms. The lowest BCUT2D eigenvalue weighted by atomic mass is 10.2. The van der Waals surface area contributed by atoms with E-state index in [0.29, 0.717) is 10.5 Å². The zero-order chi connectivity index (χ0) is 12.7. The van der Waals surface area contributed by atoms with Crippen LogP contribution < -0.4 is 5.56 Å². The molecule has 2 heterocycles. The van der Waals surface area contributed by atoms with Crippen molar-refractivity contribution < 1.29 is 0 Å². The van der Waals surface area contributed by atoms with Crippen LogP contribution >= 0.6 is 24.6 Å². The van der Waals surface area contributed by atoms with Gasteiger partial charge in [0.25, 0.3) is 5.56 Å². The number of thioether (sulfide) groups is 1. The number of aromatic nitrogens is 3. The van der Waals surface area contributed by atoms with Gasteiger partial charge in [-0.2, -0.15) is 0 Å². The van der Waals surface area contributed by atoms with Crippen molar-refractivity contribution in [1.82, 2.24) is 13.9 Å². The summed E-state index contributed by atoms with van der Waals surface area (Å²) in [4.78, 5) is 19.3. The van der Waals surface area contributed by atoms with Crippen molar-refractivity contribution in [2.45, 2.75) is 12.1 Å². The second-order valence-electron chi connectivity index (χ2n) is 3.86. The molecular weight excluding hydrogens is 266 g/mol. The first-order valence-electron chi connectivity index (χ1n) is 5.57. The van der Waals surface area contributed by atoms with Crippen LogP contribution in [-0.4, -0.2) is 19.7 Å². The first-order valence-corrected chi connectivity index (χ1v) is 6.95. The number of rotatable bonds is 2. The van der Waals surface area contributed by atoms with Crippen molar-refractivity contribution in [3.63, 3.8) is 0 Å². The summed E-state index contributed by atoms with van der Waals surface area (Å²) in [5, 5.41) is 2.23. The zero-order valence-electron chi connectivity index (χ0n) is 9.67. The number of fused-ring (bicyclic) bond motifs is 3. The Morgan fingerprint density at radius 2 is 2.22 bits per heavy atom. The highest BCUT2D eigenvalue weighted by Crippen LogP contribution is 2.24. The summed E-state index contributed by atoms with van der Waals surface area (Å²) in [5.74, 6) is 0.873. The van der Waals surface area contributed by atoms with Gasteiger partial charge in [-0.25, -0.2) is 4.98 Å². The quantitative estimate of drug-likeness (QED) is 0.430. The fourth-order valence-corrected chi connectivity index (χ4v) is 2.82. The maximum atomic E-state index is 12.0. The predicted octanol–water partition coefficient (Wildman–Crippen LogP) is 2.68. The monoisotopic (exact) mass is 277 g/mol. The van der Waals surface area contributed by atoms with E-state index in [9.17, 15) is 4.79 Å². The van der Waals surface area contributed by atoms with Crippen LogP contribution in [0.5, 0.6) is 0 Å². The highest BCUT2D eigenvalue weighted by Gasteiger charge is 2.09. The average molecular weight is 277 g/mol. The lowest BCUT2D eigenvalue weighted by molar-refractivity contribution is 0.977. The fourth-order valence-electron chi connectivity index (χ4n) is 1.99. The van der Waals surface area contributed by atoms with Crippen LogP contribution in [-0.2, 0) is 0 Å². The van der Waals surface area contributed by atoms with Crippen molar-refractivity contribution in [3.05, 3.63) is 34.7 Å². The molecule has 0 aliphatic heterocycles. The van der Waals surface area contributed by atoms with Crippen molar-refractivity contribution in [1.29, 1.82) is 0 Å². The van der Waals surface area contributed by atoms with Crippen LogP contribution in [0.15, 0.2) is 34.3 Å².